The first-order chi connectivity index (χ1) is 15.7. The van der Waals surface area contributed by atoms with Gasteiger partial charge in [0.2, 0.25) is 0 Å². The Morgan fingerprint density at radius 2 is 2.03 bits per heavy atom. The molecule has 0 aliphatic rings. The van der Waals surface area contributed by atoms with Crippen LogP contribution in [0.15, 0.2) is 60.9 Å². The highest BCUT2D eigenvalue weighted by atomic mass is 19.1. The van der Waals surface area contributed by atoms with Gasteiger partial charge in [0.25, 0.3) is 0 Å². The molecule has 5 aromatic rings. The molecule has 2 N–H and O–H groups in total. The van der Waals surface area contributed by atoms with Crippen LogP contribution in [-0.2, 0) is 6.54 Å². The third kappa shape index (κ3) is 3.40. The summed E-state index contributed by atoms with van der Waals surface area (Å²) in [7, 11) is 1.53. The van der Waals surface area contributed by atoms with E-state index in [1.807, 2.05) is 36.4 Å². The van der Waals surface area contributed by atoms with Crippen molar-refractivity contribution in [3.63, 3.8) is 0 Å². The predicted octanol–water partition coefficient (Wildman–Crippen LogP) is 4.71. The molecule has 0 unspecified atom stereocenters. The maximum atomic E-state index is 14.6. The first-order valence-corrected chi connectivity index (χ1v) is 10.1. The summed E-state index contributed by atoms with van der Waals surface area (Å²) in [4.78, 5) is 12.0. The number of halogens is 1. The number of nitrogens with zero attached hydrogens (tertiary/aromatic N) is 4. The van der Waals surface area contributed by atoms with Crippen molar-refractivity contribution in [2.45, 2.75) is 6.54 Å². The summed E-state index contributed by atoms with van der Waals surface area (Å²) < 4.78 is 21.5. The lowest BCUT2D eigenvalue weighted by atomic mass is 10.2. The minimum atomic E-state index is -0.398. The molecule has 0 radical (unpaired) electrons. The molecule has 0 saturated heterocycles. The van der Waals surface area contributed by atoms with Crippen molar-refractivity contribution in [1.29, 1.82) is 5.26 Å². The summed E-state index contributed by atoms with van der Waals surface area (Å²) in [6, 6.07) is 18.6. The van der Waals surface area contributed by atoms with Gasteiger partial charge in [-0.25, -0.2) is 14.4 Å². The number of hydrogen-bond acceptors (Lipinski definition) is 5. The van der Waals surface area contributed by atoms with Gasteiger partial charge in [0, 0.05) is 35.4 Å². The second kappa shape index (κ2) is 8.04. The summed E-state index contributed by atoms with van der Waals surface area (Å²) in [5, 5.41) is 14.5. The first-order valence-electron chi connectivity index (χ1n) is 10.1. The van der Waals surface area contributed by atoms with Crippen molar-refractivity contribution in [1.82, 2.24) is 19.5 Å². The second-order valence-corrected chi connectivity index (χ2v) is 7.29. The van der Waals surface area contributed by atoms with Gasteiger partial charge in [0.15, 0.2) is 0 Å². The molecule has 2 aromatic carbocycles. The minimum Gasteiger partial charge on any atom is -0.496 e. The van der Waals surface area contributed by atoms with E-state index in [0.29, 0.717) is 41.3 Å². The number of H-pyrrole nitrogens is 1. The van der Waals surface area contributed by atoms with Gasteiger partial charge in [-0.3, -0.25) is 0 Å². The summed E-state index contributed by atoms with van der Waals surface area (Å²) in [6.45, 7) is 0.820. The SMILES string of the molecule is COc1ccc(F)c2c1cc(C#N)n2CCNc1cc(-c2cc3ccccc3[nH]2)ncn1. The molecule has 0 spiro atoms. The Kier molecular flexibility index (Phi) is 4.92. The molecule has 8 heteroatoms. The Hall–Kier alpha value is -4.38. The monoisotopic (exact) mass is 426 g/mol. The number of anilines is 1. The van der Waals surface area contributed by atoms with Crippen LogP contribution < -0.4 is 10.1 Å². The summed E-state index contributed by atoms with van der Waals surface area (Å²) in [6.07, 6.45) is 1.50. The average molecular weight is 426 g/mol. The second-order valence-electron chi connectivity index (χ2n) is 7.29. The van der Waals surface area contributed by atoms with E-state index in [2.05, 4.69) is 26.3 Å². The number of benzene rings is 2. The molecule has 3 heterocycles. The molecule has 3 aromatic heterocycles. The first kappa shape index (κ1) is 19.6. The van der Waals surface area contributed by atoms with Crippen LogP contribution in [0.2, 0.25) is 0 Å². The Labute approximate surface area is 183 Å². The minimum absolute atomic E-state index is 0.351. The smallest absolute Gasteiger partial charge is 0.147 e. The third-order valence-corrected chi connectivity index (χ3v) is 5.42. The van der Waals surface area contributed by atoms with Crippen molar-refractivity contribution in [3.05, 3.63) is 72.4 Å². The maximum Gasteiger partial charge on any atom is 0.147 e. The molecule has 7 nitrogen and oxygen atoms in total. The van der Waals surface area contributed by atoms with E-state index >= 15 is 0 Å². The largest absolute Gasteiger partial charge is 0.496 e. The molecule has 158 valence electrons. The predicted molar refractivity (Wildman–Crippen MR) is 121 cm³/mol. The Bertz CT molecular complexity index is 1450. The molecular weight excluding hydrogens is 407 g/mol. The van der Waals surface area contributed by atoms with Crippen molar-refractivity contribution in [2.24, 2.45) is 0 Å². The zero-order valence-electron chi connectivity index (χ0n) is 17.3. The van der Waals surface area contributed by atoms with E-state index in [1.165, 1.54) is 19.5 Å². The Morgan fingerprint density at radius 1 is 1.16 bits per heavy atom. The van der Waals surface area contributed by atoms with E-state index in [1.54, 1.807) is 16.7 Å². The fourth-order valence-corrected chi connectivity index (χ4v) is 3.92. The normalized spacial score (nSPS) is 11.0. The van der Waals surface area contributed by atoms with Crippen LogP contribution in [0, 0.1) is 17.1 Å². The van der Waals surface area contributed by atoms with E-state index in [0.717, 1.165) is 22.3 Å². The molecule has 0 aliphatic carbocycles. The van der Waals surface area contributed by atoms with Crippen molar-refractivity contribution in [2.75, 3.05) is 19.0 Å². The van der Waals surface area contributed by atoms with Crippen molar-refractivity contribution < 1.29 is 9.13 Å². The van der Waals surface area contributed by atoms with Gasteiger partial charge >= 0.3 is 0 Å². The Morgan fingerprint density at radius 3 is 2.84 bits per heavy atom. The van der Waals surface area contributed by atoms with E-state index in [4.69, 9.17) is 4.74 Å². The number of fused-ring (bicyclic) bond motifs is 2. The fourth-order valence-electron chi connectivity index (χ4n) is 3.92. The fraction of sp³-hybridized carbons (Fsp3) is 0.125. The highest BCUT2D eigenvalue weighted by Gasteiger charge is 2.16. The maximum absolute atomic E-state index is 14.6. The van der Waals surface area contributed by atoms with E-state index in [-0.39, 0.29) is 0 Å². The molecule has 32 heavy (non-hydrogen) atoms. The van der Waals surface area contributed by atoms with Gasteiger partial charge in [-0.1, -0.05) is 18.2 Å². The number of aromatic nitrogens is 4. The van der Waals surface area contributed by atoms with Crippen LogP contribution in [0.3, 0.4) is 0 Å². The van der Waals surface area contributed by atoms with Gasteiger partial charge in [-0.2, -0.15) is 5.26 Å². The highest BCUT2D eigenvalue weighted by Crippen LogP contribution is 2.31. The molecule has 0 fully saturated rings. The molecule has 0 atom stereocenters. The van der Waals surface area contributed by atoms with Gasteiger partial charge in [-0.15, -0.1) is 0 Å². The summed E-state index contributed by atoms with van der Waals surface area (Å²) in [5.74, 6) is 0.774. The number of rotatable bonds is 6. The highest BCUT2D eigenvalue weighted by molar-refractivity contribution is 5.89. The van der Waals surface area contributed by atoms with Crippen molar-refractivity contribution >= 4 is 27.6 Å². The van der Waals surface area contributed by atoms with Gasteiger partial charge < -0.3 is 19.6 Å². The summed E-state index contributed by atoms with van der Waals surface area (Å²) >= 11 is 0. The third-order valence-electron chi connectivity index (χ3n) is 5.42. The van der Waals surface area contributed by atoms with E-state index in [9.17, 15) is 9.65 Å². The zero-order valence-corrected chi connectivity index (χ0v) is 17.3. The van der Waals surface area contributed by atoms with Gasteiger partial charge in [-0.05, 0) is 30.3 Å². The number of methoxy groups -OCH3 is 1. The number of nitrogens with one attached hydrogen (secondary N) is 2. The number of nitriles is 1. The standard InChI is InChI=1S/C24H19FN6O/c1-32-22-7-6-18(25)24-17(22)11-16(13-26)31(24)9-8-27-23-12-20(28-14-29-23)21-10-15-4-2-3-5-19(15)30-21/h2-7,10-12,14,30H,8-9H2,1H3,(H,27,28,29). The van der Waals surface area contributed by atoms with Crippen LogP contribution in [0.25, 0.3) is 33.2 Å². The lowest BCUT2D eigenvalue weighted by Gasteiger charge is -2.11. The van der Waals surface area contributed by atoms with E-state index < -0.39 is 5.82 Å². The van der Waals surface area contributed by atoms with Crippen LogP contribution in [-0.4, -0.2) is 33.2 Å². The topological polar surface area (TPSA) is 91.5 Å². The zero-order chi connectivity index (χ0) is 22.1. The molecule has 0 saturated carbocycles. The molecular formula is C24H19FN6O. The number of para-hydroxylation sites is 1. The molecule has 0 amide bonds. The summed E-state index contributed by atoms with van der Waals surface area (Å²) in [5.41, 5.74) is 3.42. The van der Waals surface area contributed by atoms with Crippen LogP contribution in [0.4, 0.5) is 10.2 Å². The van der Waals surface area contributed by atoms with Crippen LogP contribution >= 0.6 is 0 Å². The lowest BCUT2D eigenvalue weighted by molar-refractivity contribution is 0.419. The number of aromatic amines is 1. The molecule has 0 bridgehead atoms. The van der Waals surface area contributed by atoms with Crippen LogP contribution in [0.5, 0.6) is 5.75 Å². The van der Waals surface area contributed by atoms with Gasteiger partial charge in [0.1, 0.15) is 35.5 Å². The molecule has 0 aliphatic heterocycles. The van der Waals surface area contributed by atoms with Crippen LogP contribution in [0.1, 0.15) is 5.69 Å². The Balaban J connectivity index is 1.38. The van der Waals surface area contributed by atoms with Crippen molar-refractivity contribution in [3.8, 4) is 23.2 Å². The lowest BCUT2D eigenvalue weighted by Crippen LogP contribution is -2.13. The quantitative estimate of drug-likeness (QED) is 0.410. The number of hydrogen-bond donors (Lipinski definition) is 2. The van der Waals surface area contributed by atoms with Gasteiger partial charge in [0.05, 0.1) is 24.0 Å². The average Bonchev–Trinajstić information content (AvgIpc) is 3.42. The number of ether oxygens (including phenoxy) is 1. The molecule has 5 rings (SSSR count).